The number of hydrogen-bond acceptors (Lipinski definition) is 7. The van der Waals surface area contributed by atoms with Crippen molar-refractivity contribution in [2.45, 2.75) is 25.4 Å². The Morgan fingerprint density at radius 2 is 1.43 bits per heavy atom. The minimum absolute atomic E-state index is 0. The highest BCUT2D eigenvalue weighted by Crippen LogP contribution is 2.26. The van der Waals surface area contributed by atoms with Gasteiger partial charge in [0.05, 0.1) is 17.7 Å². The van der Waals surface area contributed by atoms with Gasteiger partial charge in [-0.25, -0.2) is 14.6 Å². The molecule has 0 aliphatic heterocycles. The summed E-state index contributed by atoms with van der Waals surface area (Å²) in [5, 5.41) is 10.3. The second-order valence-electron chi connectivity index (χ2n) is 9.54. The van der Waals surface area contributed by atoms with E-state index in [0.717, 1.165) is 11.1 Å². The Kier molecular flexibility index (Phi) is 14.6. The first-order valence-electron chi connectivity index (χ1n) is 13.4. The van der Waals surface area contributed by atoms with Crippen LogP contribution in [0.4, 0.5) is 5.69 Å². The van der Waals surface area contributed by atoms with Gasteiger partial charge in [-0.15, -0.1) is 12.4 Å². The number of esters is 1. The number of carboxylic acid groups (broad SMARTS) is 1. The van der Waals surface area contributed by atoms with Gasteiger partial charge in [-0.3, -0.25) is 4.79 Å². The van der Waals surface area contributed by atoms with Gasteiger partial charge in [0.1, 0.15) is 11.8 Å². The summed E-state index contributed by atoms with van der Waals surface area (Å²) in [6.45, 7) is 0.110. The van der Waals surface area contributed by atoms with Crippen molar-refractivity contribution < 1.29 is 33.8 Å². The number of benzene rings is 4. The van der Waals surface area contributed by atoms with Gasteiger partial charge in [0.2, 0.25) is 5.91 Å². The third-order valence-corrected chi connectivity index (χ3v) is 6.74. The average molecular weight is 666 g/mol. The Morgan fingerprint density at radius 3 is 1.96 bits per heavy atom. The third kappa shape index (κ3) is 11.2. The van der Waals surface area contributed by atoms with E-state index in [0.29, 0.717) is 11.3 Å². The monoisotopic (exact) mass is 664 g/mol. The summed E-state index contributed by atoms with van der Waals surface area (Å²) < 4.78 is 5.44. The van der Waals surface area contributed by atoms with E-state index >= 15 is 0 Å². The van der Waals surface area contributed by atoms with E-state index < -0.39 is 23.9 Å². The summed E-state index contributed by atoms with van der Waals surface area (Å²) in [7, 11) is 0. The fourth-order valence-corrected chi connectivity index (χ4v) is 4.54. The molecule has 5 N–H and O–H groups in total. The lowest BCUT2D eigenvalue weighted by atomic mass is 10.0. The van der Waals surface area contributed by atoms with Crippen molar-refractivity contribution >= 4 is 59.7 Å². The summed E-state index contributed by atoms with van der Waals surface area (Å²) >= 11 is 6.49. The summed E-state index contributed by atoms with van der Waals surface area (Å²) in [4.78, 5) is 60.2. The second kappa shape index (κ2) is 18.4. The first-order valence-corrected chi connectivity index (χ1v) is 13.8. The van der Waals surface area contributed by atoms with Crippen LogP contribution in [0.3, 0.4) is 0 Å². The van der Waals surface area contributed by atoms with E-state index in [4.69, 9.17) is 37.4 Å². The molecule has 0 saturated heterocycles. The smallest absolute Gasteiger partial charge is 0.373 e. The highest BCUT2D eigenvalue weighted by Gasteiger charge is 2.30. The number of carboxylic acids is 1. The maximum absolute atomic E-state index is 13.6. The van der Waals surface area contributed by atoms with Crippen molar-refractivity contribution in [3.05, 3.63) is 130 Å². The van der Waals surface area contributed by atoms with Gasteiger partial charge in [-0.1, -0.05) is 78.3 Å². The molecule has 0 fully saturated rings. The standard InChI is InChI=1S/C32H29ClN4O5.CO2.ClH/c33-27-19-26(42-31(41)23-11-14-25(15-12-23)36-32(34)35)16-13-24(27)18-29(38)37(20-22-9-5-2-6-10-22)28(30(39)40)17-21-7-3-1-4-8-21;2-1-3;/h1-16,19,28H,17-18,20H2,(H,39,40)(H4,34,35,36);;1H/t28-;;/m0../s1. The molecule has 0 aliphatic rings. The normalized spacial score (nSPS) is 10.5. The molecule has 4 rings (SSSR count). The van der Waals surface area contributed by atoms with Crippen molar-refractivity contribution in [2.75, 3.05) is 0 Å². The van der Waals surface area contributed by atoms with Crippen LogP contribution in [0.2, 0.25) is 5.02 Å². The zero-order valence-corrected chi connectivity index (χ0v) is 25.8. The molecule has 46 heavy (non-hydrogen) atoms. The van der Waals surface area contributed by atoms with E-state index in [9.17, 15) is 19.5 Å². The average Bonchev–Trinajstić information content (AvgIpc) is 3.01. The zero-order valence-electron chi connectivity index (χ0n) is 24.2. The predicted octanol–water partition coefficient (Wildman–Crippen LogP) is 4.57. The lowest BCUT2D eigenvalue weighted by Gasteiger charge is -2.30. The molecule has 238 valence electrons. The number of hydrogen-bond donors (Lipinski definition) is 3. The Morgan fingerprint density at radius 1 is 0.870 bits per heavy atom. The molecule has 13 heteroatoms. The Balaban J connectivity index is 0.00000177. The van der Waals surface area contributed by atoms with E-state index in [1.165, 1.54) is 29.2 Å². The van der Waals surface area contributed by atoms with Crippen LogP contribution in [0.25, 0.3) is 0 Å². The van der Waals surface area contributed by atoms with E-state index in [1.807, 2.05) is 60.7 Å². The van der Waals surface area contributed by atoms with E-state index in [-0.39, 0.29) is 60.2 Å². The number of nitrogens with two attached hydrogens (primary N) is 2. The van der Waals surface area contributed by atoms with Crippen LogP contribution >= 0.6 is 24.0 Å². The number of amides is 1. The molecule has 0 aliphatic carbocycles. The molecule has 4 aromatic rings. The van der Waals surface area contributed by atoms with Crippen LogP contribution in [0, 0.1) is 0 Å². The molecule has 0 aromatic heterocycles. The highest BCUT2D eigenvalue weighted by molar-refractivity contribution is 6.31. The molecule has 1 atom stereocenters. The molecule has 0 spiro atoms. The zero-order chi connectivity index (χ0) is 32.8. The largest absolute Gasteiger partial charge is 0.480 e. The quantitative estimate of drug-likeness (QED) is 0.0895. The van der Waals surface area contributed by atoms with Gasteiger partial charge in [-0.2, -0.15) is 9.59 Å². The fourth-order valence-electron chi connectivity index (χ4n) is 4.31. The first-order chi connectivity index (χ1) is 21.6. The minimum atomic E-state index is -1.11. The summed E-state index contributed by atoms with van der Waals surface area (Å²) in [6.07, 6.45) is 0.245. The number of aliphatic imine (C=N–C) groups is 1. The van der Waals surface area contributed by atoms with Gasteiger partial charge in [0, 0.05) is 18.0 Å². The van der Waals surface area contributed by atoms with Crippen LogP contribution in [-0.4, -0.2) is 46.0 Å². The number of halogens is 2. The summed E-state index contributed by atoms with van der Waals surface area (Å²) in [6, 6.07) is 28.0. The van der Waals surface area contributed by atoms with Crippen LogP contribution in [-0.2, 0) is 38.6 Å². The van der Waals surface area contributed by atoms with E-state index in [2.05, 4.69) is 4.99 Å². The van der Waals surface area contributed by atoms with Gasteiger partial charge in [0.25, 0.3) is 0 Å². The fraction of sp³-hybridized carbons (Fsp3) is 0.121. The predicted molar refractivity (Wildman–Crippen MR) is 173 cm³/mol. The van der Waals surface area contributed by atoms with Crippen LogP contribution in [0.1, 0.15) is 27.0 Å². The highest BCUT2D eigenvalue weighted by atomic mass is 35.5. The van der Waals surface area contributed by atoms with Gasteiger partial charge >= 0.3 is 18.1 Å². The van der Waals surface area contributed by atoms with Crippen molar-refractivity contribution in [2.24, 2.45) is 16.5 Å². The number of guanidine groups is 1. The van der Waals surface area contributed by atoms with Crippen molar-refractivity contribution in [1.29, 1.82) is 0 Å². The Bertz CT molecular complexity index is 1680. The van der Waals surface area contributed by atoms with Crippen LogP contribution < -0.4 is 16.2 Å². The first kappa shape index (κ1) is 36.7. The summed E-state index contributed by atoms with van der Waals surface area (Å²) in [5.41, 5.74) is 13.5. The topological polar surface area (TPSA) is 182 Å². The Labute approximate surface area is 275 Å². The number of ether oxygens (including phenoxy) is 1. The lowest BCUT2D eigenvalue weighted by molar-refractivity contribution is -0.191. The number of aliphatic carboxylic acids is 1. The molecule has 4 aromatic carbocycles. The molecule has 0 saturated carbocycles. The molecule has 11 nitrogen and oxygen atoms in total. The van der Waals surface area contributed by atoms with Gasteiger partial charge in [0.15, 0.2) is 5.96 Å². The van der Waals surface area contributed by atoms with Crippen molar-refractivity contribution in [3.8, 4) is 5.75 Å². The number of carbonyl (C=O) groups excluding carboxylic acids is 4. The Hall–Kier alpha value is -5.48. The van der Waals surface area contributed by atoms with Crippen molar-refractivity contribution in [3.63, 3.8) is 0 Å². The minimum Gasteiger partial charge on any atom is -0.480 e. The molecule has 0 unspecified atom stereocenters. The van der Waals surface area contributed by atoms with Gasteiger partial charge < -0.3 is 26.2 Å². The SMILES string of the molecule is Cl.NC(N)=Nc1ccc(C(=O)Oc2ccc(CC(=O)N(Cc3ccccc3)[C@@H](Cc3ccccc3)C(=O)O)c(Cl)c2)cc1.O=C=O. The van der Waals surface area contributed by atoms with Gasteiger partial charge in [-0.05, 0) is 53.1 Å². The number of nitrogens with zero attached hydrogens (tertiary/aromatic N) is 2. The molecule has 0 radical (unpaired) electrons. The van der Waals surface area contributed by atoms with Crippen molar-refractivity contribution in [1.82, 2.24) is 4.90 Å². The van der Waals surface area contributed by atoms with Crippen LogP contribution in [0.5, 0.6) is 5.75 Å². The molecule has 0 bridgehead atoms. The maximum Gasteiger partial charge on any atom is 0.373 e. The number of carbonyl (C=O) groups is 3. The maximum atomic E-state index is 13.6. The summed E-state index contributed by atoms with van der Waals surface area (Å²) in [5.74, 6) is -2.05. The second-order valence-corrected chi connectivity index (χ2v) is 9.94. The molecular formula is C33H30Cl2N4O7. The molecular weight excluding hydrogens is 635 g/mol. The van der Waals surface area contributed by atoms with E-state index in [1.54, 1.807) is 18.2 Å². The number of rotatable bonds is 11. The van der Waals surface area contributed by atoms with Crippen LogP contribution in [0.15, 0.2) is 108 Å². The molecule has 0 heterocycles. The third-order valence-electron chi connectivity index (χ3n) is 6.39. The lowest BCUT2D eigenvalue weighted by Crippen LogP contribution is -2.46. The molecule has 1 amide bonds.